The zero-order valence-corrected chi connectivity index (χ0v) is 20.5. The molecule has 30 heavy (non-hydrogen) atoms. The molecule has 3 heterocycles. The first-order chi connectivity index (χ1) is 14.3. The Labute approximate surface area is 195 Å². The van der Waals surface area contributed by atoms with Gasteiger partial charge in [0.2, 0.25) is 0 Å². The van der Waals surface area contributed by atoms with Crippen molar-refractivity contribution in [3.8, 4) is 0 Å². The molecule has 4 atom stereocenters. The molecule has 0 bridgehead atoms. The van der Waals surface area contributed by atoms with E-state index in [2.05, 4.69) is 36.8 Å². The third-order valence-corrected chi connectivity index (χ3v) is 8.63. The van der Waals surface area contributed by atoms with Crippen molar-refractivity contribution in [2.24, 2.45) is 5.92 Å². The van der Waals surface area contributed by atoms with E-state index in [1.54, 1.807) is 4.90 Å². The highest BCUT2D eigenvalue weighted by molar-refractivity contribution is 9.10. The Kier molecular flexibility index (Phi) is 5.14. The van der Waals surface area contributed by atoms with Crippen molar-refractivity contribution in [3.05, 3.63) is 56.2 Å². The number of hydrogen-bond donors (Lipinski definition) is 0. The fraction of sp³-hybridized carbons (Fsp3) is 0.409. The summed E-state index contributed by atoms with van der Waals surface area (Å²) in [6.45, 7) is 3.93. The number of rotatable bonds is 2. The highest BCUT2D eigenvalue weighted by Crippen LogP contribution is 2.49. The number of alkyl halides is 1. The van der Waals surface area contributed by atoms with Gasteiger partial charge in [0.15, 0.2) is 16.7 Å². The second-order valence-corrected chi connectivity index (χ2v) is 11.4. The SMILES string of the molecule is Cc1nc(N2C(=O)C3=C(C(=O)C4CC(Br)CCC4O3)C2c2ccc(Br)cc2)sc1C. The number of nitrogens with zero attached hydrogens (tertiary/aromatic N) is 2. The molecule has 0 radical (unpaired) electrons. The first-order valence-corrected chi connectivity index (χ1v) is 12.5. The highest BCUT2D eigenvalue weighted by Gasteiger charge is 2.53. The lowest BCUT2D eigenvalue weighted by molar-refractivity contribution is -0.131. The van der Waals surface area contributed by atoms with Crippen molar-refractivity contribution in [3.63, 3.8) is 0 Å². The molecule has 0 saturated heterocycles. The van der Waals surface area contributed by atoms with Gasteiger partial charge in [0.25, 0.3) is 5.91 Å². The number of carbonyl (C=O) groups is 2. The number of anilines is 1. The minimum Gasteiger partial charge on any atom is -0.483 e. The lowest BCUT2D eigenvalue weighted by atomic mass is 9.77. The summed E-state index contributed by atoms with van der Waals surface area (Å²) in [6.07, 6.45) is 2.22. The van der Waals surface area contributed by atoms with Crippen LogP contribution in [-0.2, 0) is 14.3 Å². The molecule has 2 aromatic rings. The Morgan fingerprint density at radius 3 is 2.57 bits per heavy atom. The molecule has 1 aromatic heterocycles. The van der Waals surface area contributed by atoms with Crippen LogP contribution in [0.3, 0.4) is 0 Å². The van der Waals surface area contributed by atoms with Crippen LogP contribution in [0.5, 0.6) is 0 Å². The largest absolute Gasteiger partial charge is 0.483 e. The topological polar surface area (TPSA) is 59.5 Å². The van der Waals surface area contributed by atoms with Crippen LogP contribution >= 0.6 is 43.2 Å². The van der Waals surface area contributed by atoms with E-state index in [4.69, 9.17) is 4.74 Å². The third kappa shape index (κ3) is 3.19. The number of aromatic nitrogens is 1. The number of amides is 1. The summed E-state index contributed by atoms with van der Waals surface area (Å²) in [5.41, 5.74) is 2.25. The van der Waals surface area contributed by atoms with Gasteiger partial charge < -0.3 is 4.74 Å². The van der Waals surface area contributed by atoms with Crippen LogP contribution in [0.2, 0.25) is 0 Å². The molecule has 1 aliphatic carbocycles. The van der Waals surface area contributed by atoms with Gasteiger partial charge in [-0.05, 0) is 50.8 Å². The zero-order valence-electron chi connectivity index (χ0n) is 16.5. The summed E-state index contributed by atoms with van der Waals surface area (Å²) in [4.78, 5) is 34.8. The van der Waals surface area contributed by atoms with Gasteiger partial charge in [-0.15, -0.1) is 11.3 Å². The molecule has 156 valence electrons. The van der Waals surface area contributed by atoms with Crippen molar-refractivity contribution in [1.29, 1.82) is 0 Å². The smallest absolute Gasteiger partial charge is 0.296 e. The molecule has 1 aromatic carbocycles. The second kappa shape index (κ2) is 7.57. The Hall–Kier alpha value is -1.51. The molecule has 3 aliphatic rings. The quantitative estimate of drug-likeness (QED) is 0.469. The molecular weight excluding hydrogens is 532 g/mol. The Bertz CT molecular complexity index is 1060. The van der Waals surface area contributed by atoms with Crippen LogP contribution in [0.15, 0.2) is 40.1 Å². The highest BCUT2D eigenvalue weighted by atomic mass is 79.9. The van der Waals surface area contributed by atoms with Crippen molar-refractivity contribution in [2.45, 2.75) is 50.1 Å². The summed E-state index contributed by atoms with van der Waals surface area (Å²) < 4.78 is 7.17. The van der Waals surface area contributed by atoms with Crippen molar-refractivity contribution >= 4 is 60.0 Å². The van der Waals surface area contributed by atoms with Crippen molar-refractivity contribution < 1.29 is 14.3 Å². The van der Waals surface area contributed by atoms with Crippen LogP contribution in [-0.4, -0.2) is 27.6 Å². The fourth-order valence-corrected chi connectivity index (χ4v) is 6.40. The average molecular weight is 552 g/mol. The number of thiazole rings is 1. The van der Waals surface area contributed by atoms with E-state index in [-0.39, 0.29) is 29.5 Å². The van der Waals surface area contributed by atoms with E-state index in [1.165, 1.54) is 11.3 Å². The summed E-state index contributed by atoms with van der Waals surface area (Å²) in [5, 5.41) is 0.607. The van der Waals surface area contributed by atoms with E-state index < -0.39 is 6.04 Å². The molecule has 0 spiro atoms. The van der Waals surface area contributed by atoms with Gasteiger partial charge in [0.1, 0.15) is 6.10 Å². The lowest BCUT2D eigenvalue weighted by Crippen LogP contribution is -2.41. The van der Waals surface area contributed by atoms with Crippen LogP contribution in [0, 0.1) is 19.8 Å². The molecule has 8 heteroatoms. The number of ketones is 1. The number of carbonyl (C=O) groups excluding carboxylic acids is 2. The normalized spacial score (nSPS) is 28.5. The molecule has 4 unspecified atom stereocenters. The van der Waals surface area contributed by atoms with Crippen molar-refractivity contribution in [2.75, 3.05) is 4.90 Å². The number of hydrogen-bond acceptors (Lipinski definition) is 5. The van der Waals surface area contributed by atoms with Gasteiger partial charge in [-0.3, -0.25) is 14.5 Å². The molecule has 5 rings (SSSR count). The summed E-state index contributed by atoms with van der Waals surface area (Å²) in [6, 6.07) is 7.24. The van der Waals surface area contributed by atoms with E-state index in [1.807, 2.05) is 38.1 Å². The van der Waals surface area contributed by atoms with Crippen LogP contribution in [0.1, 0.15) is 41.4 Å². The Morgan fingerprint density at radius 1 is 1.17 bits per heavy atom. The van der Waals surface area contributed by atoms with Gasteiger partial charge in [-0.25, -0.2) is 4.98 Å². The predicted octanol–water partition coefficient (Wildman–Crippen LogP) is 5.40. The predicted molar refractivity (Wildman–Crippen MR) is 123 cm³/mol. The van der Waals surface area contributed by atoms with Gasteiger partial charge in [0.05, 0.1) is 23.2 Å². The summed E-state index contributed by atoms with van der Waals surface area (Å²) >= 11 is 8.62. The number of halogens is 2. The van der Waals surface area contributed by atoms with E-state index in [9.17, 15) is 9.59 Å². The molecule has 1 saturated carbocycles. The molecule has 1 amide bonds. The maximum absolute atomic E-state index is 13.7. The maximum atomic E-state index is 13.7. The molecule has 5 nitrogen and oxygen atoms in total. The fourth-order valence-electron chi connectivity index (χ4n) is 4.53. The van der Waals surface area contributed by atoms with E-state index in [0.717, 1.165) is 39.9 Å². The van der Waals surface area contributed by atoms with Crippen LogP contribution in [0.25, 0.3) is 0 Å². The van der Waals surface area contributed by atoms with Crippen LogP contribution in [0.4, 0.5) is 5.13 Å². The number of ether oxygens (including phenoxy) is 1. The second-order valence-electron chi connectivity index (χ2n) is 8.05. The van der Waals surface area contributed by atoms with Gasteiger partial charge in [-0.2, -0.15) is 0 Å². The van der Waals surface area contributed by atoms with Gasteiger partial charge in [-0.1, -0.05) is 44.0 Å². The molecule has 1 fully saturated rings. The van der Waals surface area contributed by atoms with Crippen molar-refractivity contribution in [1.82, 2.24) is 4.98 Å². The Morgan fingerprint density at radius 2 is 1.90 bits per heavy atom. The number of fused-ring (bicyclic) bond motifs is 1. The molecule has 0 N–H and O–H groups in total. The summed E-state index contributed by atoms with van der Waals surface area (Å²) in [5.74, 6) is -0.223. The minimum absolute atomic E-state index is 0.0409. The van der Waals surface area contributed by atoms with E-state index in [0.29, 0.717) is 15.5 Å². The first kappa shape index (κ1) is 20.4. The van der Waals surface area contributed by atoms with Crippen LogP contribution < -0.4 is 4.90 Å². The number of benzene rings is 1. The maximum Gasteiger partial charge on any atom is 0.296 e. The Balaban J connectivity index is 1.65. The monoisotopic (exact) mass is 550 g/mol. The number of aryl methyl sites for hydroxylation is 2. The standard InChI is InChI=1S/C22H20Br2N2O3S/c1-10-11(2)30-22(25-10)26-18(12-3-5-13(23)6-4-12)17-19(27)15-9-14(24)7-8-16(15)29-20(17)21(26)28/h3-6,14-16,18H,7-9H2,1-2H3. The summed E-state index contributed by atoms with van der Waals surface area (Å²) in [7, 11) is 0. The first-order valence-electron chi connectivity index (χ1n) is 9.97. The molecular formula is C22H20Br2N2O3S. The third-order valence-electron chi connectivity index (χ3n) is 6.19. The number of Topliss-reactive ketones (excluding diaryl/α,β-unsaturated/α-hetero) is 1. The zero-order chi connectivity index (χ0) is 21.2. The average Bonchev–Trinajstić information content (AvgIpc) is 3.20. The minimum atomic E-state index is -0.519. The van der Waals surface area contributed by atoms with Gasteiger partial charge in [0, 0.05) is 14.2 Å². The lowest BCUT2D eigenvalue weighted by Gasteiger charge is -2.37. The van der Waals surface area contributed by atoms with Gasteiger partial charge >= 0.3 is 0 Å². The van der Waals surface area contributed by atoms with E-state index >= 15 is 0 Å². The molecule has 2 aliphatic heterocycles.